The number of halogens is 1. The largest absolute Gasteiger partial charge is 0.467 e. The fourth-order valence-electron chi connectivity index (χ4n) is 2.25. The number of carbonyl (C=O) groups is 1. The molecule has 0 spiro atoms. The van der Waals surface area contributed by atoms with Gasteiger partial charge in [-0.3, -0.25) is 4.98 Å². The van der Waals surface area contributed by atoms with Crippen molar-refractivity contribution >= 4 is 23.3 Å². The summed E-state index contributed by atoms with van der Waals surface area (Å²) >= 11 is 5.89. The maximum absolute atomic E-state index is 12.4. The third-order valence-corrected chi connectivity index (χ3v) is 3.67. The first-order chi connectivity index (χ1) is 10.1. The second kappa shape index (κ2) is 6.59. The van der Waals surface area contributed by atoms with Gasteiger partial charge in [-0.2, -0.15) is 0 Å². The monoisotopic (exact) mass is 304 g/mol. The Morgan fingerprint density at radius 2 is 2.05 bits per heavy atom. The van der Waals surface area contributed by atoms with Crippen LogP contribution in [0.15, 0.2) is 48.8 Å². The van der Waals surface area contributed by atoms with E-state index in [1.165, 1.54) is 7.11 Å². The zero-order chi connectivity index (χ0) is 15.3. The van der Waals surface area contributed by atoms with Crippen molar-refractivity contribution in [2.24, 2.45) is 0 Å². The molecule has 0 fully saturated rings. The highest BCUT2D eigenvalue weighted by Gasteiger charge is 2.40. The molecule has 0 aliphatic heterocycles. The smallest absolute Gasteiger partial charge is 0.336 e. The first kappa shape index (κ1) is 15.3. The van der Waals surface area contributed by atoms with E-state index in [9.17, 15) is 4.79 Å². The predicted molar refractivity (Wildman–Crippen MR) is 83.3 cm³/mol. The Labute approximate surface area is 129 Å². The Hall–Kier alpha value is -2.07. The first-order valence-corrected chi connectivity index (χ1v) is 7.03. The molecule has 21 heavy (non-hydrogen) atoms. The van der Waals surface area contributed by atoms with Crippen LogP contribution in [-0.4, -0.2) is 18.1 Å². The lowest BCUT2D eigenvalue weighted by Crippen LogP contribution is -2.44. The third kappa shape index (κ3) is 3.16. The summed E-state index contributed by atoms with van der Waals surface area (Å²) in [7, 11) is 1.38. The van der Waals surface area contributed by atoms with E-state index in [4.69, 9.17) is 16.3 Å². The lowest BCUT2D eigenvalue weighted by molar-refractivity contribution is -0.146. The number of nitrogens with one attached hydrogen (secondary N) is 1. The van der Waals surface area contributed by atoms with Crippen molar-refractivity contribution in [2.45, 2.75) is 18.9 Å². The third-order valence-electron chi connectivity index (χ3n) is 3.42. The van der Waals surface area contributed by atoms with Gasteiger partial charge in [-0.05, 0) is 36.8 Å². The molecule has 2 rings (SSSR count). The number of esters is 1. The molecule has 0 saturated carbocycles. The number of hydrogen-bond donors (Lipinski definition) is 1. The van der Waals surface area contributed by atoms with E-state index in [0.717, 1.165) is 11.3 Å². The Balaban J connectivity index is 2.45. The minimum Gasteiger partial charge on any atom is -0.467 e. The topological polar surface area (TPSA) is 51.2 Å². The van der Waals surface area contributed by atoms with Gasteiger partial charge in [0.1, 0.15) is 0 Å². The number of carbonyl (C=O) groups excluding carboxylic acids is 1. The summed E-state index contributed by atoms with van der Waals surface area (Å²) in [5.41, 5.74) is 0.571. The molecular weight excluding hydrogens is 288 g/mol. The van der Waals surface area contributed by atoms with E-state index < -0.39 is 5.54 Å². The summed E-state index contributed by atoms with van der Waals surface area (Å²) in [6, 6.07) is 10.8. The molecule has 1 aromatic heterocycles. The van der Waals surface area contributed by atoms with Gasteiger partial charge in [0.05, 0.1) is 7.11 Å². The van der Waals surface area contributed by atoms with E-state index in [0.29, 0.717) is 11.4 Å². The van der Waals surface area contributed by atoms with Gasteiger partial charge in [0, 0.05) is 28.7 Å². The van der Waals surface area contributed by atoms with Crippen LogP contribution in [0, 0.1) is 0 Å². The minimum absolute atomic E-state index is 0.354. The van der Waals surface area contributed by atoms with Crippen LogP contribution in [0.5, 0.6) is 0 Å². The summed E-state index contributed by atoms with van der Waals surface area (Å²) in [5, 5.41) is 3.90. The van der Waals surface area contributed by atoms with Crippen LogP contribution >= 0.6 is 11.6 Å². The van der Waals surface area contributed by atoms with E-state index in [1.54, 1.807) is 30.6 Å². The maximum atomic E-state index is 12.4. The molecule has 1 unspecified atom stereocenters. The normalized spacial score (nSPS) is 13.3. The molecule has 2 aromatic rings. The number of benzene rings is 1. The summed E-state index contributed by atoms with van der Waals surface area (Å²) in [5.74, 6) is -0.354. The summed E-state index contributed by atoms with van der Waals surface area (Å²) in [4.78, 5) is 16.5. The summed E-state index contributed by atoms with van der Waals surface area (Å²) < 4.78 is 5.00. The number of pyridine rings is 1. The van der Waals surface area contributed by atoms with Gasteiger partial charge in [0.2, 0.25) is 0 Å². The molecule has 4 nitrogen and oxygen atoms in total. The summed E-state index contributed by atoms with van der Waals surface area (Å²) in [6.45, 7) is 1.92. The summed E-state index contributed by atoms with van der Waals surface area (Å²) in [6.07, 6.45) is 3.86. The van der Waals surface area contributed by atoms with Crippen molar-refractivity contribution in [2.75, 3.05) is 12.4 Å². The van der Waals surface area contributed by atoms with Crippen LogP contribution in [0.25, 0.3) is 0 Å². The van der Waals surface area contributed by atoms with Crippen molar-refractivity contribution in [1.29, 1.82) is 0 Å². The number of anilines is 1. The fraction of sp³-hybridized carbons (Fsp3) is 0.250. The Kier molecular flexibility index (Phi) is 4.81. The molecular formula is C16H17ClN2O2. The van der Waals surface area contributed by atoms with Crippen LogP contribution in [-0.2, 0) is 15.1 Å². The number of nitrogens with zero attached hydrogens (tertiary/aromatic N) is 1. The molecule has 0 amide bonds. The molecule has 1 atom stereocenters. The van der Waals surface area contributed by atoms with Gasteiger partial charge < -0.3 is 10.1 Å². The number of methoxy groups -OCH3 is 1. The quantitative estimate of drug-likeness (QED) is 0.857. The average molecular weight is 305 g/mol. The van der Waals surface area contributed by atoms with E-state index in [1.807, 2.05) is 25.1 Å². The lowest BCUT2D eigenvalue weighted by atomic mass is 9.88. The minimum atomic E-state index is -0.975. The first-order valence-electron chi connectivity index (χ1n) is 6.65. The van der Waals surface area contributed by atoms with E-state index >= 15 is 0 Å². The molecule has 0 saturated heterocycles. The molecule has 1 N–H and O–H groups in total. The van der Waals surface area contributed by atoms with Gasteiger partial charge in [0.25, 0.3) is 0 Å². The molecule has 0 aliphatic carbocycles. The molecule has 0 aliphatic rings. The maximum Gasteiger partial charge on any atom is 0.336 e. The van der Waals surface area contributed by atoms with Crippen LogP contribution in [0.4, 0.5) is 5.69 Å². The number of rotatable bonds is 5. The van der Waals surface area contributed by atoms with Crippen LogP contribution in [0.3, 0.4) is 0 Å². The number of aromatic nitrogens is 1. The van der Waals surface area contributed by atoms with E-state index in [-0.39, 0.29) is 5.97 Å². The number of hydrogen-bond acceptors (Lipinski definition) is 4. The molecule has 1 heterocycles. The second-order valence-electron chi connectivity index (χ2n) is 4.62. The van der Waals surface area contributed by atoms with Gasteiger partial charge in [-0.1, -0.05) is 24.6 Å². The van der Waals surface area contributed by atoms with Crippen LogP contribution in [0.1, 0.15) is 18.9 Å². The number of ether oxygens (including phenoxy) is 1. The fourth-order valence-corrected chi connectivity index (χ4v) is 2.37. The zero-order valence-electron chi connectivity index (χ0n) is 12.0. The molecule has 1 aromatic carbocycles. The van der Waals surface area contributed by atoms with Crippen molar-refractivity contribution < 1.29 is 9.53 Å². The Morgan fingerprint density at radius 1 is 1.33 bits per heavy atom. The average Bonchev–Trinajstić information content (AvgIpc) is 2.54. The Bertz CT molecular complexity index is 601. The lowest BCUT2D eigenvalue weighted by Gasteiger charge is -2.32. The second-order valence-corrected chi connectivity index (χ2v) is 5.06. The van der Waals surface area contributed by atoms with Crippen LogP contribution < -0.4 is 5.32 Å². The van der Waals surface area contributed by atoms with Crippen molar-refractivity contribution in [3.05, 3.63) is 59.4 Å². The van der Waals surface area contributed by atoms with Crippen molar-refractivity contribution in [1.82, 2.24) is 4.98 Å². The highest BCUT2D eigenvalue weighted by Crippen LogP contribution is 2.31. The zero-order valence-corrected chi connectivity index (χ0v) is 12.7. The standard InChI is InChI=1S/C16H17ClN2O2/c1-3-16(15(20)21-2,12-5-4-10-18-11-12)19-14-8-6-13(17)7-9-14/h4-11,19H,3H2,1-2H3. The van der Waals surface area contributed by atoms with Crippen molar-refractivity contribution in [3.8, 4) is 0 Å². The molecule has 0 radical (unpaired) electrons. The van der Waals surface area contributed by atoms with Crippen molar-refractivity contribution in [3.63, 3.8) is 0 Å². The predicted octanol–water partition coefficient (Wildman–Crippen LogP) is 3.63. The van der Waals surface area contributed by atoms with Crippen LogP contribution in [0.2, 0.25) is 5.02 Å². The molecule has 110 valence electrons. The van der Waals surface area contributed by atoms with Gasteiger partial charge in [-0.25, -0.2) is 4.79 Å². The van der Waals surface area contributed by atoms with Gasteiger partial charge in [-0.15, -0.1) is 0 Å². The van der Waals surface area contributed by atoms with Gasteiger partial charge >= 0.3 is 5.97 Å². The SMILES string of the molecule is CCC(Nc1ccc(Cl)cc1)(C(=O)OC)c1cccnc1. The molecule has 0 bridgehead atoms. The highest BCUT2D eigenvalue weighted by atomic mass is 35.5. The van der Waals surface area contributed by atoms with Gasteiger partial charge in [0.15, 0.2) is 5.54 Å². The highest BCUT2D eigenvalue weighted by molar-refractivity contribution is 6.30. The van der Waals surface area contributed by atoms with E-state index in [2.05, 4.69) is 10.3 Å². The Morgan fingerprint density at radius 3 is 2.57 bits per heavy atom. The molecule has 5 heteroatoms.